The third-order valence-electron chi connectivity index (χ3n) is 4.66. The molecule has 1 aliphatic rings. The van der Waals surface area contributed by atoms with Gasteiger partial charge in [-0.1, -0.05) is 29.8 Å². The zero-order valence-corrected chi connectivity index (χ0v) is 17.4. The van der Waals surface area contributed by atoms with Crippen molar-refractivity contribution in [3.63, 3.8) is 0 Å². The number of amides is 1. The van der Waals surface area contributed by atoms with Crippen molar-refractivity contribution in [3.05, 3.63) is 57.3 Å². The van der Waals surface area contributed by atoms with Gasteiger partial charge in [0, 0.05) is 42.0 Å². The number of hydrogen-bond donors (Lipinski definition) is 0. The Bertz CT molecular complexity index is 952. The van der Waals surface area contributed by atoms with E-state index in [2.05, 4.69) is 0 Å². The van der Waals surface area contributed by atoms with Crippen LogP contribution in [0.1, 0.15) is 20.9 Å². The van der Waals surface area contributed by atoms with Gasteiger partial charge in [0.25, 0.3) is 0 Å². The summed E-state index contributed by atoms with van der Waals surface area (Å²) >= 11 is 1.49. The Kier molecular flexibility index (Phi) is 5.83. The lowest BCUT2D eigenvalue weighted by molar-refractivity contribution is -0.127. The highest BCUT2D eigenvalue weighted by molar-refractivity contribution is 7.89. The predicted molar refractivity (Wildman–Crippen MR) is 109 cm³/mol. The number of piperazine rings is 1. The molecule has 1 fully saturated rings. The molecule has 0 saturated carbocycles. The smallest absolute Gasteiger partial charge is 0.246 e. The van der Waals surface area contributed by atoms with Gasteiger partial charge in [-0.2, -0.15) is 4.31 Å². The van der Waals surface area contributed by atoms with Crippen LogP contribution in [0.5, 0.6) is 0 Å². The van der Waals surface area contributed by atoms with E-state index in [0.29, 0.717) is 31.1 Å². The number of aryl methyl sites for hydroxylation is 3. The number of rotatable bonds is 4. The van der Waals surface area contributed by atoms with E-state index in [1.54, 1.807) is 23.1 Å². The first kappa shape index (κ1) is 19.8. The van der Waals surface area contributed by atoms with E-state index in [1.165, 1.54) is 21.2 Å². The molecule has 1 aromatic carbocycles. The lowest BCUT2D eigenvalue weighted by atomic mass is 10.1. The Labute approximate surface area is 165 Å². The predicted octanol–water partition coefficient (Wildman–Crippen LogP) is 3.22. The molecule has 1 aliphatic heterocycles. The number of carbonyl (C=O) groups is 1. The van der Waals surface area contributed by atoms with Crippen LogP contribution in [0, 0.1) is 20.8 Å². The van der Waals surface area contributed by atoms with Crippen LogP contribution >= 0.6 is 11.3 Å². The highest BCUT2D eigenvalue weighted by atomic mass is 32.2. The van der Waals surface area contributed by atoms with Crippen LogP contribution < -0.4 is 0 Å². The van der Waals surface area contributed by atoms with Gasteiger partial charge in [-0.15, -0.1) is 11.3 Å². The zero-order chi connectivity index (χ0) is 19.6. The lowest BCUT2D eigenvalue weighted by Gasteiger charge is -2.33. The van der Waals surface area contributed by atoms with Crippen LogP contribution in [0.4, 0.5) is 0 Å². The molecule has 7 heteroatoms. The summed E-state index contributed by atoms with van der Waals surface area (Å²) in [6.45, 7) is 7.21. The van der Waals surface area contributed by atoms with Crippen molar-refractivity contribution in [1.29, 1.82) is 0 Å². The molecule has 0 unspecified atom stereocenters. The zero-order valence-electron chi connectivity index (χ0n) is 15.8. The first-order valence-electron chi connectivity index (χ1n) is 8.88. The van der Waals surface area contributed by atoms with E-state index in [0.717, 1.165) is 15.3 Å². The molecule has 27 heavy (non-hydrogen) atoms. The van der Waals surface area contributed by atoms with Gasteiger partial charge in [-0.25, -0.2) is 8.42 Å². The molecule has 3 rings (SSSR count). The second-order valence-corrected chi connectivity index (χ2v) is 10.1. The van der Waals surface area contributed by atoms with Crippen LogP contribution in [0.25, 0.3) is 6.08 Å². The Hall–Kier alpha value is -1.96. The number of hydrogen-bond acceptors (Lipinski definition) is 4. The minimum atomic E-state index is -3.49. The summed E-state index contributed by atoms with van der Waals surface area (Å²) in [5, 5.41) is 0. The van der Waals surface area contributed by atoms with Crippen LogP contribution in [-0.4, -0.2) is 49.7 Å². The quantitative estimate of drug-likeness (QED) is 0.735. The third kappa shape index (κ3) is 4.48. The third-order valence-corrected chi connectivity index (χ3v) is 7.78. The standard InChI is InChI=1S/C20H24N2O3S2/c1-15-4-6-18(7-5-15)8-9-20(23)21-10-12-22(13-11-21)27(24,25)19-14-16(2)26-17(19)3/h4-9,14H,10-13H2,1-3H3/b9-8+. The van der Waals surface area contributed by atoms with Crippen molar-refractivity contribution >= 4 is 33.3 Å². The molecule has 5 nitrogen and oxygen atoms in total. The minimum absolute atomic E-state index is 0.0878. The molecule has 0 aliphatic carbocycles. The average molecular weight is 405 g/mol. The van der Waals surface area contributed by atoms with Crippen molar-refractivity contribution in [1.82, 2.24) is 9.21 Å². The van der Waals surface area contributed by atoms with Gasteiger partial charge in [0.15, 0.2) is 0 Å². The van der Waals surface area contributed by atoms with Crippen LogP contribution in [0.15, 0.2) is 41.3 Å². The fourth-order valence-corrected chi connectivity index (χ4v) is 6.05. The number of sulfonamides is 1. The van der Waals surface area contributed by atoms with Gasteiger partial charge in [-0.05, 0) is 38.5 Å². The second kappa shape index (κ2) is 7.96. The number of thiophene rings is 1. The Balaban J connectivity index is 1.62. The maximum Gasteiger partial charge on any atom is 0.246 e. The fourth-order valence-electron chi connectivity index (χ4n) is 3.10. The van der Waals surface area contributed by atoms with Gasteiger partial charge in [-0.3, -0.25) is 4.79 Å². The first-order chi connectivity index (χ1) is 12.8. The minimum Gasteiger partial charge on any atom is -0.337 e. The summed E-state index contributed by atoms with van der Waals surface area (Å²) in [6, 6.07) is 9.67. The maximum absolute atomic E-state index is 12.9. The summed E-state index contributed by atoms with van der Waals surface area (Å²) in [6.07, 6.45) is 3.35. The Morgan fingerprint density at radius 3 is 2.22 bits per heavy atom. The maximum atomic E-state index is 12.9. The van der Waals surface area contributed by atoms with Gasteiger partial charge in [0.1, 0.15) is 0 Å². The van der Waals surface area contributed by atoms with E-state index >= 15 is 0 Å². The van der Waals surface area contributed by atoms with Gasteiger partial charge >= 0.3 is 0 Å². The molecular formula is C20H24N2O3S2. The molecule has 144 valence electrons. The van der Waals surface area contributed by atoms with Crippen molar-refractivity contribution in [2.24, 2.45) is 0 Å². The molecule has 0 radical (unpaired) electrons. The molecule has 2 heterocycles. The highest BCUT2D eigenvalue weighted by Crippen LogP contribution is 2.28. The summed E-state index contributed by atoms with van der Waals surface area (Å²) in [5.41, 5.74) is 2.14. The fraction of sp³-hybridized carbons (Fsp3) is 0.350. The van der Waals surface area contributed by atoms with Gasteiger partial charge in [0.05, 0.1) is 4.90 Å². The van der Waals surface area contributed by atoms with Crippen LogP contribution in [0.2, 0.25) is 0 Å². The summed E-state index contributed by atoms with van der Waals surface area (Å²) in [5.74, 6) is -0.0878. The summed E-state index contributed by atoms with van der Waals surface area (Å²) in [4.78, 5) is 16.3. The molecule has 0 atom stereocenters. The molecule has 0 spiro atoms. The van der Waals surface area contributed by atoms with Gasteiger partial charge < -0.3 is 4.90 Å². The van der Waals surface area contributed by atoms with Crippen LogP contribution in [0.3, 0.4) is 0 Å². The normalized spacial score (nSPS) is 16.2. The molecule has 1 amide bonds. The molecule has 0 N–H and O–H groups in total. The van der Waals surface area contributed by atoms with E-state index in [-0.39, 0.29) is 5.91 Å². The lowest BCUT2D eigenvalue weighted by Crippen LogP contribution is -2.50. The van der Waals surface area contributed by atoms with E-state index in [9.17, 15) is 13.2 Å². The van der Waals surface area contributed by atoms with Crippen molar-refractivity contribution < 1.29 is 13.2 Å². The topological polar surface area (TPSA) is 57.7 Å². The Morgan fingerprint density at radius 2 is 1.67 bits per heavy atom. The molecular weight excluding hydrogens is 380 g/mol. The average Bonchev–Trinajstić information content (AvgIpc) is 3.00. The second-order valence-electron chi connectivity index (χ2n) is 6.75. The first-order valence-corrected chi connectivity index (χ1v) is 11.1. The van der Waals surface area contributed by atoms with Crippen molar-refractivity contribution in [2.45, 2.75) is 25.7 Å². The van der Waals surface area contributed by atoms with Crippen molar-refractivity contribution in [3.8, 4) is 0 Å². The monoisotopic (exact) mass is 404 g/mol. The number of nitrogens with zero attached hydrogens (tertiary/aromatic N) is 2. The largest absolute Gasteiger partial charge is 0.337 e. The van der Waals surface area contributed by atoms with Crippen molar-refractivity contribution in [2.75, 3.05) is 26.2 Å². The van der Waals surface area contributed by atoms with Gasteiger partial charge in [0.2, 0.25) is 15.9 Å². The Morgan fingerprint density at radius 1 is 1.04 bits per heavy atom. The number of carbonyl (C=O) groups excluding carboxylic acids is 1. The van der Waals surface area contributed by atoms with E-state index in [4.69, 9.17) is 0 Å². The summed E-state index contributed by atoms with van der Waals surface area (Å²) in [7, 11) is -3.49. The van der Waals surface area contributed by atoms with E-state index in [1.807, 2.05) is 45.0 Å². The SMILES string of the molecule is Cc1ccc(/C=C/C(=O)N2CCN(S(=O)(=O)c3cc(C)sc3C)CC2)cc1. The molecule has 0 bridgehead atoms. The number of benzene rings is 1. The van der Waals surface area contributed by atoms with Crippen LogP contribution in [-0.2, 0) is 14.8 Å². The highest BCUT2D eigenvalue weighted by Gasteiger charge is 2.31. The molecule has 1 aromatic heterocycles. The van der Waals surface area contributed by atoms with E-state index < -0.39 is 10.0 Å². The molecule has 1 saturated heterocycles. The molecule has 2 aromatic rings. The summed E-state index contributed by atoms with van der Waals surface area (Å²) < 4.78 is 27.2.